The van der Waals surface area contributed by atoms with Crippen LogP contribution in [0.4, 0.5) is 11.4 Å². The molecule has 0 radical (unpaired) electrons. The summed E-state index contributed by atoms with van der Waals surface area (Å²) in [6, 6.07) is 69.7. The minimum absolute atomic E-state index is 0.598. The van der Waals surface area contributed by atoms with E-state index in [2.05, 4.69) is 263 Å². The molecule has 8 heteroatoms. The van der Waals surface area contributed by atoms with Gasteiger partial charge in [0.25, 0.3) is 0 Å². The normalized spacial score (nSPS) is 11.6. The number of aromatic nitrogens is 6. The first-order valence-electron chi connectivity index (χ1n) is 29.8. The molecule has 16 aromatic rings. The topological polar surface area (TPSA) is 54.2 Å². The Morgan fingerprint density at radius 3 is 0.818 bits per heavy atom. The molecule has 0 aliphatic carbocycles. The van der Waals surface area contributed by atoms with Gasteiger partial charge in [0.05, 0.1) is 74.3 Å². The quantitative estimate of drug-likeness (QED) is 0.156. The Labute approximate surface area is 510 Å². The molecule has 6 aromatic heterocycles. The zero-order chi connectivity index (χ0) is 60.2. The molecule has 8 nitrogen and oxygen atoms in total. The highest BCUT2D eigenvalue weighted by Gasteiger charge is 2.24. The first-order chi connectivity index (χ1) is 42.8. The van der Waals surface area contributed by atoms with E-state index in [0.717, 1.165) is 78.1 Å². The number of hydrogen-bond acceptors (Lipinski definition) is 2. The zero-order valence-corrected chi connectivity index (χ0v) is 50.4. The van der Waals surface area contributed by atoms with Crippen molar-refractivity contribution in [1.82, 2.24) is 28.2 Å². The Bertz CT molecular complexity index is 5470. The number of rotatable bonds is 6. The summed E-state index contributed by atoms with van der Waals surface area (Å²) in [5.74, 6) is 0. The predicted octanol–water partition coefficient (Wildman–Crippen LogP) is 21.5. The van der Waals surface area contributed by atoms with Crippen LogP contribution in [0.1, 0.15) is 44.5 Å². The summed E-state index contributed by atoms with van der Waals surface area (Å²) in [6.07, 6.45) is 7.67. The van der Waals surface area contributed by atoms with E-state index >= 15 is 0 Å². The number of hydrogen-bond donors (Lipinski definition) is 0. The minimum atomic E-state index is 0.598. The van der Waals surface area contributed by atoms with Gasteiger partial charge >= 0.3 is 0 Å². The largest absolute Gasteiger partial charge is 0.310 e. The number of pyridine rings is 2. The number of aryl methyl sites for hydroxylation is 8. The fourth-order valence-electron chi connectivity index (χ4n) is 13.6. The molecule has 420 valence electrons. The van der Waals surface area contributed by atoms with E-state index in [1.807, 2.05) is 49.1 Å². The van der Waals surface area contributed by atoms with Crippen LogP contribution in [0.25, 0.3) is 142 Å². The summed E-state index contributed by atoms with van der Waals surface area (Å²) in [7, 11) is 0. The van der Waals surface area contributed by atoms with Crippen molar-refractivity contribution in [2.45, 2.75) is 55.4 Å². The molecule has 0 aliphatic rings. The lowest BCUT2D eigenvalue weighted by atomic mass is 10.0. The molecule has 0 fully saturated rings. The zero-order valence-electron chi connectivity index (χ0n) is 50.4. The molecule has 16 rings (SSSR count). The summed E-state index contributed by atoms with van der Waals surface area (Å²) in [5, 5.41) is 9.72. The fraction of sp³-hybridized carbons (Fsp3) is 0.100. The Hall–Kier alpha value is -11.3. The third-order valence-electron chi connectivity index (χ3n) is 17.7. The molecular formula is C80H60N8. The first kappa shape index (κ1) is 53.4. The minimum Gasteiger partial charge on any atom is -0.310 e. The molecule has 0 bridgehead atoms. The average molecular weight is 1130 g/mol. The van der Waals surface area contributed by atoms with E-state index in [1.54, 1.807) is 0 Å². The van der Waals surface area contributed by atoms with Crippen molar-refractivity contribution in [3.8, 4) is 45.0 Å². The van der Waals surface area contributed by atoms with Crippen molar-refractivity contribution in [3.05, 3.63) is 286 Å². The van der Waals surface area contributed by atoms with Crippen LogP contribution in [-0.2, 0) is 0 Å². The summed E-state index contributed by atoms with van der Waals surface area (Å²) in [4.78, 5) is 17.0. The van der Waals surface area contributed by atoms with E-state index < -0.39 is 0 Å². The molecule has 0 saturated carbocycles. The van der Waals surface area contributed by atoms with E-state index in [0.29, 0.717) is 11.4 Å². The van der Waals surface area contributed by atoms with Gasteiger partial charge in [-0.25, -0.2) is 9.69 Å². The molecule has 0 saturated heterocycles. The molecule has 6 heterocycles. The van der Waals surface area contributed by atoms with Crippen molar-refractivity contribution < 1.29 is 0 Å². The predicted molar refractivity (Wildman–Crippen MR) is 367 cm³/mol. The summed E-state index contributed by atoms with van der Waals surface area (Å²) < 4.78 is 9.46. The third kappa shape index (κ3) is 8.64. The monoisotopic (exact) mass is 1130 g/mol. The maximum absolute atomic E-state index is 7.92. The van der Waals surface area contributed by atoms with Gasteiger partial charge in [0, 0.05) is 90.3 Å². The molecule has 88 heavy (non-hydrogen) atoms. The molecule has 0 spiro atoms. The maximum Gasteiger partial charge on any atom is 0.189 e. The lowest BCUT2D eigenvalue weighted by Gasteiger charge is -2.19. The summed E-state index contributed by atoms with van der Waals surface area (Å²) in [6.45, 7) is 33.0. The number of benzene rings is 10. The van der Waals surface area contributed by atoms with Crippen molar-refractivity contribution in [2.75, 3.05) is 0 Å². The van der Waals surface area contributed by atoms with Crippen molar-refractivity contribution in [2.24, 2.45) is 0 Å². The smallest absolute Gasteiger partial charge is 0.189 e. The van der Waals surface area contributed by atoms with Crippen LogP contribution in [0, 0.1) is 68.5 Å². The second kappa shape index (κ2) is 20.7. The molecular weight excluding hydrogens is 1070 g/mol. The highest BCUT2D eigenvalue weighted by atomic mass is 15.0. The lowest BCUT2D eigenvalue weighted by Crippen LogP contribution is -2.02. The number of nitrogens with zero attached hydrogens (tertiary/aromatic N) is 8. The molecule has 0 amide bonds. The first-order valence-corrected chi connectivity index (χ1v) is 29.8. The van der Waals surface area contributed by atoms with Crippen molar-refractivity contribution in [1.29, 1.82) is 0 Å². The van der Waals surface area contributed by atoms with Gasteiger partial charge in [-0.2, -0.15) is 0 Å². The van der Waals surface area contributed by atoms with Crippen LogP contribution in [-0.4, -0.2) is 28.2 Å². The van der Waals surface area contributed by atoms with Crippen molar-refractivity contribution >= 4 is 98.6 Å². The average Bonchev–Trinajstić information content (AvgIpc) is 1.64. The van der Waals surface area contributed by atoms with Crippen LogP contribution < -0.4 is 0 Å². The summed E-state index contributed by atoms with van der Waals surface area (Å²) in [5.41, 5.74) is 28.1. The Kier molecular flexibility index (Phi) is 12.6. The van der Waals surface area contributed by atoms with Crippen LogP contribution >= 0.6 is 0 Å². The standard InChI is InChI=1S/2C40H30N4/c1-24-6-11-29-30-12-7-25(2)19-38(30)43(37(29)18-24)35-15-10-28(41-5)22-33(35)34-23-42-17-16-36(34)44-39-20-26(3)8-13-31(39)32-14-9-27(4)21-40(32)44;1-24-6-11-29-30-12-7-25(2)19-37(30)43(36(29)18-24)35-16-17-42-23-34(35)33-15-10-28(41-5)22-40(33)44-38-20-26(3)8-13-31(38)32-14-9-27(4)21-39(32)44/h2*6-23H,1-4H3. The van der Waals surface area contributed by atoms with E-state index in [-0.39, 0.29) is 0 Å². The Balaban J connectivity index is 0.000000148. The molecule has 0 unspecified atom stereocenters. The van der Waals surface area contributed by atoms with Gasteiger partial charge in [-0.1, -0.05) is 115 Å². The lowest BCUT2D eigenvalue weighted by molar-refractivity contribution is 1.14. The highest BCUT2D eigenvalue weighted by Crippen LogP contribution is 2.45. The molecule has 10 aromatic carbocycles. The van der Waals surface area contributed by atoms with Gasteiger partial charge in [-0.3, -0.25) is 9.97 Å². The number of fused-ring (bicyclic) bond motifs is 12. The van der Waals surface area contributed by atoms with Crippen LogP contribution in [0.2, 0.25) is 0 Å². The van der Waals surface area contributed by atoms with E-state index in [9.17, 15) is 0 Å². The fourth-order valence-corrected chi connectivity index (χ4v) is 13.6. The van der Waals surface area contributed by atoms with E-state index in [4.69, 9.17) is 13.1 Å². The molecule has 0 aliphatic heterocycles. The highest BCUT2D eigenvalue weighted by molar-refractivity contribution is 6.14. The van der Waals surface area contributed by atoms with Crippen LogP contribution in [0.5, 0.6) is 0 Å². The van der Waals surface area contributed by atoms with Gasteiger partial charge in [0.15, 0.2) is 11.4 Å². The second-order valence-corrected chi connectivity index (χ2v) is 23.9. The third-order valence-corrected chi connectivity index (χ3v) is 17.7. The molecule has 0 atom stereocenters. The van der Waals surface area contributed by atoms with Gasteiger partial charge < -0.3 is 18.3 Å². The van der Waals surface area contributed by atoms with Gasteiger partial charge in [-0.15, -0.1) is 0 Å². The van der Waals surface area contributed by atoms with Gasteiger partial charge in [0.1, 0.15) is 0 Å². The Morgan fingerprint density at radius 2 is 0.511 bits per heavy atom. The van der Waals surface area contributed by atoms with Crippen LogP contribution in [0.3, 0.4) is 0 Å². The maximum atomic E-state index is 7.92. The van der Waals surface area contributed by atoms with Crippen molar-refractivity contribution in [3.63, 3.8) is 0 Å². The summed E-state index contributed by atoms with van der Waals surface area (Å²) >= 11 is 0. The molecule has 0 N–H and O–H groups in total. The Morgan fingerprint density at radius 1 is 0.250 bits per heavy atom. The van der Waals surface area contributed by atoms with E-state index in [1.165, 1.54) is 98.6 Å². The second-order valence-electron chi connectivity index (χ2n) is 23.9. The van der Waals surface area contributed by atoms with Crippen LogP contribution in [0.15, 0.2) is 219 Å². The van der Waals surface area contributed by atoms with Gasteiger partial charge in [-0.05, 0) is 184 Å². The van der Waals surface area contributed by atoms with Gasteiger partial charge in [0.2, 0.25) is 0 Å². The SMILES string of the molecule is [C-]#[N+]c1ccc(-c2cnccc2-n2c3cc(C)ccc3c3ccc(C)cc32)c(-n2c3cc(C)ccc3c3ccc(C)cc32)c1.[C-]#[N+]c1ccc(-n2c3cc(C)ccc3c3ccc(C)cc32)c(-c2cnccc2-n2c3cc(C)ccc3c3ccc(C)cc32)c1.